The number of halogens is 1. The fraction of sp³-hybridized carbons (Fsp3) is 0.0588. The van der Waals surface area contributed by atoms with Crippen LogP contribution in [-0.4, -0.2) is 9.97 Å². The maximum atomic E-state index is 6.20. The molecule has 0 fully saturated rings. The highest BCUT2D eigenvalue weighted by molar-refractivity contribution is 7.71. The average Bonchev–Trinajstić information content (AvgIpc) is 2.50. The monoisotopic (exact) mass is 312 g/mol. The molecule has 1 heterocycles. The van der Waals surface area contributed by atoms with Crippen molar-refractivity contribution >= 4 is 23.8 Å². The molecule has 4 heteroatoms. The van der Waals surface area contributed by atoms with E-state index in [0.29, 0.717) is 11.1 Å². The molecular formula is C17H13ClN2S. The van der Waals surface area contributed by atoms with Crippen LogP contribution in [0.3, 0.4) is 0 Å². The van der Waals surface area contributed by atoms with Crippen LogP contribution in [-0.2, 0) is 6.42 Å². The molecule has 2 nitrogen and oxygen atoms in total. The first-order valence-corrected chi connectivity index (χ1v) is 7.40. The lowest BCUT2D eigenvalue weighted by Crippen LogP contribution is -1.99. The Morgan fingerprint density at radius 1 is 1.00 bits per heavy atom. The molecule has 0 aliphatic rings. The van der Waals surface area contributed by atoms with Crippen molar-refractivity contribution in [1.82, 2.24) is 9.97 Å². The highest BCUT2D eigenvalue weighted by Gasteiger charge is 2.05. The van der Waals surface area contributed by atoms with Crippen LogP contribution in [0.4, 0.5) is 0 Å². The number of rotatable bonds is 3. The standard InChI is InChI=1S/C17H13ClN2S/c18-14-9-5-4-8-13(14)10-16-19-15(11-17(21)20-16)12-6-2-1-3-7-12/h1-9,11H,10H2,(H,19,20,21). The predicted octanol–water partition coefficient (Wildman–Crippen LogP) is 5.05. The zero-order valence-electron chi connectivity index (χ0n) is 11.2. The second-order valence-electron chi connectivity index (χ2n) is 4.71. The Bertz CT molecular complexity index is 812. The van der Waals surface area contributed by atoms with Crippen LogP contribution in [0.25, 0.3) is 11.3 Å². The van der Waals surface area contributed by atoms with Gasteiger partial charge in [-0.2, -0.15) is 0 Å². The normalized spacial score (nSPS) is 10.5. The number of hydrogen-bond acceptors (Lipinski definition) is 2. The maximum Gasteiger partial charge on any atom is 0.130 e. The molecule has 0 aliphatic carbocycles. The van der Waals surface area contributed by atoms with Crippen molar-refractivity contribution in [2.45, 2.75) is 6.42 Å². The van der Waals surface area contributed by atoms with Gasteiger partial charge in [-0.15, -0.1) is 0 Å². The molecule has 0 saturated heterocycles. The molecule has 1 aromatic heterocycles. The quantitative estimate of drug-likeness (QED) is 0.685. The van der Waals surface area contributed by atoms with Crippen molar-refractivity contribution in [3.05, 3.63) is 81.7 Å². The topological polar surface area (TPSA) is 28.7 Å². The minimum absolute atomic E-state index is 0.578. The van der Waals surface area contributed by atoms with Crippen molar-refractivity contribution in [2.75, 3.05) is 0 Å². The van der Waals surface area contributed by atoms with Crippen LogP contribution < -0.4 is 0 Å². The van der Waals surface area contributed by atoms with Gasteiger partial charge in [0.25, 0.3) is 0 Å². The minimum atomic E-state index is 0.578. The summed E-state index contributed by atoms with van der Waals surface area (Å²) in [6.07, 6.45) is 0.629. The summed E-state index contributed by atoms with van der Waals surface area (Å²) >= 11 is 11.5. The number of benzene rings is 2. The third-order valence-electron chi connectivity index (χ3n) is 3.19. The smallest absolute Gasteiger partial charge is 0.130 e. The molecule has 21 heavy (non-hydrogen) atoms. The van der Waals surface area contributed by atoms with Gasteiger partial charge in [0, 0.05) is 17.1 Å². The van der Waals surface area contributed by atoms with E-state index in [1.807, 2.05) is 60.7 Å². The SMILES string of the molecule is S=c1cc(-c2ccccc2)[nH]c(Cc2ccccc2Cl)n1. The Balaban J connectivity index is 1.99. The van der Waals surface area contributed by atoms with Gasteiger partial charge in [-0.3, -0.25) is 0 Å². The second kappa shape index (κ2) is 6.20. The maximum absolute atomic E-state index is 6.20. The van der Waals surface area contributed by atoms with Gasteiger partial charge in [-0.1, -0.05) is 72.3 Å². The number of aromatic nitrogens is 2. The van der Waals surface area contributed by atoms with Gasteiger partial charge in [0.15, 0.2) is 0 Å². The van der Waals surface area contributed by atoms with E-state index in [9.17, 15) is 0 Å². The van der Waals surface area contributed by atoms with Crippen molar-refractivity contribution in [1.29, 1.82) is 0 Å². The molecule has 2 aromatic carbocycles. The molecule has 3 aromatic rings. The summed E-state index contributed by atoms with van der Waals surface area (Å²) in [7, 11) is 0. The van der Waals surface area contributed by atoms with Crippen molar-refractivity contribution in [2.24, 2.45) is 0 Å². The van der Waals surface area contributed by atoms with E-state index in [1.54, 1.807) is 0 Å². The van der Waals surface area contributed by atoms with Crippen LogP contribution >= 0.6 is 23.8 Å². The average molecular weight is 313 g/mol. The lowest BCUT2D eigenvalue weighted by atomic mass is 10.1. The zero-order chi connectivity index (χ0) is 14.7. The summed E-state index contributed by atoms with van der Waals surface area (Å²) in [6.45, 7) is 0. The lowest BCUT2D eigenvalue weighted by molar-refractivity contribution is 0.964. The van der Waals surface area contributed by atoms with E-state index in [0.717, 1.165) is 27.7 Å². The number of hydrogen-bond donors (Lipinski definition) is 1. The summed E-state index contributed by atoms with van der Waals surface area (Å²) in [4.78, 5) is 7.74. The highest BCUT2D eigenvalue weighted by Crippen LogP contribution is 2.20. The van der Waals surface area contributed by atoms with Gasteiger partial charge in [0.05, 0.1) is 0 Å². The van der Waals surface area contributed by atoms with Crippen LogP contribution in [0.15, 0.2) is 60.7 Å². The summed E-state index contributed by atoms with van der Waals surface area (Å²) in [6, 6.07) is 19.7. The summed E-state index contributed by atoms with van der Waals surface area (Å²) in [5.74, 6) is 0.814. The first-order chi connectivity index (χ1) is 10.2. The van der Waals surface area contributed by atoms with Gasteiger partial charge < -0.3 is 4.98 Å². The van der Waals surface area contributed by atoms with Gasteiger partial charge >= 0.3 is 0 Å². The summed E-state index contributed by atoms with van der Waals surface area (Å²) < 4.78 is 0.578. The molecular weight excluding hydrogens is 300 g/mol. The van der Waals surface area contributed by atoms with Gasteiger partial charge in [0.1, 0.15) is 10.5 Å². The first kappa shape index (κ1) is 14.0. The van der Waals surface area contributed by atoms with Crippen molar-refractivity contribution in [3.63, 3.8) is 0 Å². The highest BCUT2D eigenvalue weighted by atomic mass is 35.5. The molecule has 3 rings (SSSR count). The third-order valence-corrected chi connectivity index (χ3v) is 3.77. The van der Waals surface area contributed by atoms with E-state index >= 15 is 0 Å². The molecule has 0 aliphatic heterocycles. The molecule has 104 valence electrons. The van der Waals surface area contributed by atoms with E-state index in [-0.39, 0.29) is 0 Å². The number of H-pyrrole nitrogens is 1. The Kier molecular flexibility index (Phi) is 4.13. The van der Waals surface area contributed by atoms with E-state index in [1.165, 1.54) is 0 Å². The van der Waals surface area contributed by atoms with Gasteiger partial charge in [-0.05, 0) is 23.3 Å². The zero-order valence-corrected chi connectivity index (χ0v) is 12.8. The van der Waals surface area contributed by atoms with E-state index < -0.39 is 0 Å². The molecule has 1 N–H and O–H groups in total. The third kappa shape index (κ3) is 3.38. The van der Waals surface area contributed by atoms with E-state index in [4.69, 9.17) is 23.8 Å². The number of nitrogens with zero attached hydrogens (tertiary/aromatic N) is 1. The lowest BCUT2D eigenvalue weighted by Gasteiger charge is -2.07. The van der Waals surface area contributed by atoms with Crippen LogP contribution in [0.1, 0.15) is 11.4 Å². The summed E-state index contributed by atoms with van der Waals surface area (Å²) in [5.41, 5.74) is 3.09. The van der Waals surface area contributed by atoms with Crippen molar-refractivity contribution in [3.8, 4) is 11.3 Å². The van der Waals surface area contributed by atoms with E-state index in [2.05, 4.69) is 9.97 Å². The predicted molar refractivity (Wildman–Crippen MR) is 89.1 cm³/mol. The first-order valence-electron chi connectivity index (χ1n) is 6.61. The van der Waals surface area contributed by atoms with Gasteiger partial charge in [0.2, 0.25) is 0 Å². The number of aromatic amines is 1. The van der Waals surface area contributed by atoms with Crippen LogP contribution in [0.2, 0.25) is 5.02 Å². The minimum Gasteiger partial charge on any atom is -0.343 e. The molecule has 0 saturated carbocycles. The van der Waals surface area contributed by atoms with Crippen LogP contribution in [0.5, 0.6) is 0 Å². The Morgan fingerprint density at radius 3 is 2.48 bits per heavy atom. The largest absolute Gasteiger partial charge is 0.343 e. The molecule has 0 amide bonds. The second-order valence-corrected chi connectivity index (χ2v) is 5.54. The van der Waals surface area contributed by atoms with Crippen LogP contribution in [0, 0.1) is 4.64 Å². The molecule has 0 radical (unpaired) electrons. The summed E-state index contributed by atoms with van der Waals surface area (Å²) in [5, 5.41) is 0.740. The Labute approximate surface area is 133 Å². The van der Waals surface area contributed by atoms with Crippen molar-refractivity contribution < 1.29 is 0 Å². The molecule has 0 bridgehead atoms. The Hall–Kier alpha value is -1.97. The molecule has 0 spiro atoms. The van der Waals surface area contributed by atoms with Gasteiger partial charge in [-0.25, -0.2) is 4.98 Å². The number of nitrogens with one attached hydrogen (secondary N) is 1. The fourth-order valence-electron chi connectivity index (χ4n) is 2.19. The molecule has 0 unspecified atom stereocenters. The fourth-order valence-corrected chi connectivity index (χ4v) is 2.62. The Morgan fingerprint density at radius 2 is 1.71 bits per heavy atom. The molecule has 0 atom stereocenters.